The van der Waals surface area contributed by atoms with Gasteiger partial charge in [0.05, 0.1) is 20.6 Å². The van der Waals surface area contributed by atoms with Gasteiger partial charge in [0.25, 0.3) is 11.1 Å². The van der Waals surface area contributed by atoms with E-state index in [2.05, 4.69) is 22.6 Å². The van der Waals surface area contributed by atoms with Crippen LogP contribution in [0.4, 0.5) is 10.5 Å². The summed E-state index contributed by atoms with van der Waals surface area (Å²) in [6.07, 6.45) is 1.58. The van der Waals surface area contributed by atoms with Crippen LogP contribution in [0, 0.1) is 3.57 Å². The molecule has 1 fully saturated rings. The van der Waals surface area contributed by atoms with Crippen LogP contribution in [0.2, 0.25) is 15.1 Å². The zero-order valence-corrected chi connectivity index (χ0v) is 21.4. The van der Waals surface area contributed by atoms with Gasteiger partial charge >= 0.3 is 0 Å². The predicted molar refractivity (Wildman–Crippen MR) is 140 cm³/mol. The van der Waals surface area contributed by atoms with Gasteiger partial charge in [0, 0.05) is 8.59 Å². The molecule has 32 heavy (non-hydrogen) atoms. The molecule has 4 nitrogen and oxygen atoms in total. The Hall–Kier alpha value is -1.71. The topological polar surface area (TPSA) is 46.6 Å². The summed E-state index contributed by atoms with van der Waals surface area (Å²) in [6, 6.07) is 17.8. The van der Waals surface area contributed by atoms with Crippen molar-refractivity contribution in [1.29, 1.82) is 0 Å². The highest BCUT2D eigenvalue weighted by Crippen LogP contribution is 2.39. The Bertz CT molecular complexity index is 1220. The molecular formula is C23H13Cl3INO3S. The molecule has 1 heterocycles. The lowest BCUT2D eigenvalue weighted by Gasteiger charge is -2.12. The molecule has 162 valence electrons. The van der Waals surface area contributed by atoms with Crippen molar-refractivity contribution in [2.75, 3.05) is 4.90 Å². The third-order valence-corrected chi connectivity index (χ3v) is 6.86. The van der Waals surface area contributed by atoms with Crippen molar-refractivity contribution in [3.63, 3.8) is 0 Å². The summed E-state index contributed by atoms with van der Waals surface area (Å²) in [4.78, 5) is 26.6. The van der Waals surface area contributed by atoms with E-state index in [9.17, 15) is 9.59 Å². The Morgan fingerprint density at radius 2 is 1.66 bits per heavy atom. The predicted octanol–water partition coefficient (Wildman–Crippen LogP) is 8.07. The van der Waals surface area contributed by atoms with Crippen molar-refractivity contribution in [1.82, 2.24) is 0 Å². The van der Waals surface area contributed by atoms with Gasteiger partial charge in [-0.2, -0.15) is 0 Å². The van der Waals surface area contributed by atoms with E-state index in [1.807, 2.05) is 24.3 Å². The highest BCUT2D eigenvalue weighted by Gasteiger charge is 2.36. The Kier molecular flexibility index (Phi) is 7.37. The lowest BCUT2D eigenvalue weighted by molar-refractivity contribution is -0.113. The molecule has 0 aromatic heterocycles. The number of benzene rings is 3. The molecule has 3 aromatic rings. The molecule has 0 radical (unpaired) electrons. The average molecular weight is 617 g/mol. The number of rotatable bonds is 5. The number of halogens is 4. The molecule has 0 bridgehead atoms. The molecule has 1 aliphatic heterocycles. The van der Waals surface area contributed by atoms with Gasteiger partial charge in [-0.1, -0.05) is 53.0 Å². The summed E-state index contributed by atoms with van der Waals surface area (Å²) in [5, 5.41) is 0.648. The molecule has 0 unspecified atom stereocenters. The number of hydrogen-bond acceptors (Lipinski definition) is 4. The first kappa shape index (κ1) is 23.4. The Balaban J connectivity index is 1.54. The number of thioether (sulfide) groups is 1. The molecule has 0 atom stereocenters. The van der Waals surface area contributed by atoms with Gasteiger partial charge in [-0.25, -0.2) is 4.90 Å². The van der Waals surface area contributed by atoms with Crippen molar-refractivity contribution in [2.24, 2.45) is 0 Å². The van der Waals surface area contributed by atoms with Crippen LogP contribution in [-0.2, 0) is 11.4 Å². The van der Waals surface area contributed by atoms with Crippen LogP contribution in [0.3, 0.4) is 0 Å². The van der Waals surface area contributed by atoms with E-state index in [4.69, 9.17) is 39.5 Å². The Morgan fingerprint density at radius 3 is 2.31 bits per heavy atom. The second-order valence-corrected chi connectivity index (χ2v) is 10.2. The molecule has 0 N–H and O–H groups in total. The van der Waals surface area contributed by atoms with E-state index >= 15 is 0 Å². The van der Waals surface area contributed by atoms with Gasteiger partial charge in [-0.15, -0.1) is 0 Å². The first-order valence-corrected chi connectivity index (χ1v) is 12.2. The zero-order valence-electron chi connectivity index (χ0n) is 16.2. The van der Waals surface area contributed by atoms with Crippen molar-refractivity contribution in [2.45, 2.75) is 6.61 Å². The summed E-state index contributed by atoms with van der Waals surface area (Å²) in [7, 11) is 0. The van der Waals surface area contributed by atoms with E-state index in [-0.39, 0.29) is 4.91 Å². The van der Waals surface area contributed by atoms with Crippen molar-refractivity contribution in [3.8, 4) is 5.75 Å². The van der Waals surface area contributed by atoms with Crippen LogP contribution in [0.1, 0.15) is 11.1 Å². The third-order valence-electron chi connectivity index (χ3n) is 4.47. The normalized spacial score (nSPS) is 15.0. The van der Waals surface area contributed by atoms with E-state index in [0.717, 1.165) is 25.8 Å². The summed E-state index contributed by atoms with van der Waals surface area (Å²) in [5.74, 6) is -0.0791. The molecule has 0 aliphatic carbocycles. The van der Waals surface area contributed by atoms with Gasteiger partial charge in [0.15, 0.2) is 5.75 Å². The number of nitrogens with zero attached hydrogens (tertiary/aromatic N) is 1. The summed E-state index contributed by atoms with van der Waals surface area (Å²) >= 11 is 21.9. The van der Waals surface area contributed by atoms with Gasteiger partial charge < -0.3 is 4.74 Å². The number of amides is 2. The summed E-state index contributed by atoms with van der Waals surface area (Å²) in [6.45, 7) is 0.314. The maximum atomic E-state index is 12.8. The third kappa shape index (κ3) is 5.26. The van der Waals surface area contributed by atoms with Crippen LogP contribution >= 0.6 is 69.2 Å². The number of ether oxygens (including phenoxy) is 1. The smallest absolute Gasteiger partial charge is 0.298 e. The molecular weight excluding hydrogens is 604 g/mol. The average Bonchev–Trinajstić information content (AvgIpc) is 3.01. The molecule has 0 saturated carbocycles. The lowest BCUT2D eigenvalue weighted by atomic mass is 10.2. The first-order valence-electron chi connectivity index (χ1n) is 9.21. The quantitative estimate of drug-likeness (QED) is 0.215. The molecule has 3 aromatic carbocycles. The second kappa shape index (κ2) is 10.1. The largest absolute Gasteiger partial charge is 0.486 e. The van der Waals surface area contributed by atoms with E-state index in [1.165, 1.54) is 0 Å². The second-order valence-electron chi connectivity index (χ2n) is 6.73. The fourth-order valence-electron chi connectivity index (χ4n) is 2.99. The van der Waals surface area contributed by atoms with E-state index < -0.39 is 11.1 Å². The number of anilines is 1. The van der Waals surface area contributed by atoms with E-state index in [0.29, 0.717) is 38.7 Å². The minimum Gasteiger partial charge on any atom is -0.486 e. The molecule has 0 spiro atoms. The molecule has 9 heteroatoms. The van der Waals surface area contributed by atoms with E-state index in [1.54, 1.807) is 42.5 Å². The standard InChI is InChI=1S/C23H13Cl3INO3S/c24-15-2-1-3-17(11-15)28-22(29)20(32-23(28)30)10-14-8-18(25)21(19(26)9-14)31-12-13-4-6-16(27)7-5-13/h1-11H,12H2/b20-10+. The summed E-state index contributed by atoms with van der Waals surface area (Å²) < 4.78 is 6.94. The minimum atomic E-state index is -0.437. The van der Waals surface area contributed by atoms with Crippen LogP contribution in [0.15, 0.2) is 65.6 Å². The van der Waals surface area contributed by atoms with Gasteiger partial charge in [-0.05, 0) is 94.0 Å². The van der Waals surface area contributed by atoms with Crippen LogP contribution in [0.5, 0.6) is 5.75 Å². The Morgan fingerprint density at radius 1 is 0.969 bits per heavy atom. The fourth-order valence-corrected chi connectivity index (χ4v) is 4.99. The number of carbonyl (C=O) groups is 2. The number of carbonyl (C=O) groups excluding carboxylic acids is 2. The maximum absolute atomic E-state index is 12.8. The van der Waals surface area contributed by atoms with Crippen molar-refractivity contribution < 1.29 is 14.3 Å². The van der Waals surface area contributed by atoms with Gasteiger partial charge in [0.1, 0.15) is 6.61 Å². The first-order chi connectivity index (χ1) is 15.3. The van der Waals surface area contributed by atoms with Crippen LogP contribution < -0.4 is 9.64 Å². The maximum Gasteiger partial charge on any atom is 0.298 e. The fraction of sp³-hybridized carbons (Fsp3) is 0.0435. The highest BCUT2D eigenvalue weighted by atomic mass is 127. The number of hydrogen-bond donors (Lipinski definition) is 0. The van der Waals surface area contributed by atoms with Gasteiger partial charge in [-0.3, -0.25) is 9.59 Å². The SMILES string of the molecule is O=C1S/C(=C/c2cc(Cl)c(OCc3ccc(I)cc3)c(Cl)c2)C(=O)N1c1cccc(Cl)c1. The lowest BCUT2D eigenvalue weighted by Crippen LogP contribution is -2.27. The highest BCUT2D eigenvalue weighted by molar-refractivity contribution is 14.1. The monoisotopic (exact) mass is 615 g/mol. The molecule has 1 saturated heterocycles. The van der Waals surface area contributed by atoms with Crippen LogP contribution in [0.25, 0.3) is 6.08 Å². The van der Waals surface area contributed by atoms with Crippen LogP contribution in [-0.4, -0.2) is 11.1 Å². The Labute approximate surface area is 217 Å². The van der Waals surface area contributed by atoms with Gasteiger partial charge in [0.2, 0.25) is 0 Å². The van der Waals surface area contributed by atoms with Crippen molar-refractivity contribution in [3.05, 3.63) is 95.3 Å². The number of imide groups is 1. The summed E-state index contributed by atoms with van der Waals surface area (Å²) in [5.41, 5.74) is 1.98. The minimum absolute atomic E-state index is 0.259. The molecule has 1 aliphatic rings. The van der Waals surface area contributed by atoms with Crippen molar-refractivity contribution >= 4 is 92.1 Å². The zero-order chi connectivity index (χ0) is 22.8. The molecule has 4 rings (SSSR count). The molecule has 2 amide bonds.